The maximum absolute atomic E-state index is 8.67. The van der Waals surface area contributed by atoms with E-state index in [1.54, 1.807) is 6.07 Å². The van der Waals surface area contributed by atoms with Gasteiger partial charge in [-0.1, -0.05) is 35.3 Å². The molecule has 0 heterocycles. The average molecular weight is 308 g/mol. The van der Waals surface area contributed by atoms with Gasteiger partial charge in [0.2, 0.25) is 0 Å². The summed E-state index contributed by atoms with van der Waals surface area (Å²) in [7, 11) is 0. The summed E-state index contributed by atoms with van der Waals surface area (Å²) >= 11 is 6.26. The Bertz CT molecular complexity index is 546. The summed E-state index contributed by atoms with van der Waals surface area (Å²) in [6.07, 6.45) is 5.71. The van der Waals surface area contributed by atoms with Crippen LogP contribution < -0.4 is 11.1 Å². The molecule has 2 saturated carbocycles. The number of halogens is 1. The molecule has 2 bridgehead atoms. The molecule has 21 heavy (non-hydrogen) atoms. The first kappa shape index (κ1) is 14.7. The lowest BCUT2D eigenvalue weighted by atomic mass is 9.89. The molecule has 1 aromatic rings. The maximum Gasteiger partial charge on any atom is 0.170 e. The third-order valence-electron chi connectivity index (χ3n) is 5.06. The van der Waals surface area contributed by atoms with E-state index in [0.717, 1.165) is 36.4 Å². The number of benzene rings is 1. The summed E-state index contributed by atoms with van der Waals surface area (Å²) in [5.74, 6) is 2.86. The quantitative estimate of drug-likeness (QED) is 0.339. The van der Waals surface area contributed by atoms with E-state index < -0.39 is 0 Å². The highest BCUT2D eigenvalue weighted by Gasteiger charge is 2.38. The highest BCUT2D eigenvalue weighted by atomic mass is 35.5. The molecule has 0 amide bonds. The van der Waals surface area contributed by atoms with Crippen molar-refractivity contribution in [3.8, 4) is 0 Å². The fourth-order valence-electron chi connectivity index (χ4n) is 3.93. The molecule has 3 rings (SSSR count). The Balaban J connectivity index is 1.53. The van der Waals surface area contributed by atoms with E-state index in [-0.39, 0.29) is 5.84 Å². The molecule has 0 aromatic heterocycles. The number of hydrogen-bond acceptors (Lipinski definition) is 3. The first-order chi connectivity index (χ1) is 10.2. The second-order valence-corrected chi connectivity index (χ2v) is 6.76. The van der Waals surface area contributed by atoms with Crippen LogP contribution in [0.5, 0.6) is 0 Å². The highest BCUT2D eigenvalue weighted by molar-refractivity contribution is 6.31. The number of fused-ring (bicyclic) bond motifs is 2. The molecular weight excluding hydrogens is 286 g/mol. The van der Waals surface area contributed by atoms with Crippen LogP contribution in [0.3, 0.4) is 0 Å². The lowest BCUT2D eigenvalue weighted by Gasteiger charge is -2.22. The molecular formula is C16H22ClN3O. The Morgan fingerprint density at radius 1 is 1.38 bits per heavy atom. The van der Waals surface area contributed by atoms with Crippen LogP contribution in [0.4, 0.5) is 0 Å². The molecule has 114 valence electrons. The van der Waals surface area contributed by atoms with Crippen molar-refractivity contribution in [3.05, 3.63) is 34.3 Å². The van der Waals surface area contributed by atoms with Crippen LogP contribution >= 0.6 is 11.6 Å². The third-order valence-corrected chi connectivity index (χ3v) is 5.41. The summed E-state index contributed by atoms with van der Waals surface area (Å²) in [5.41, 5.74) is 7.25. The maximum atomic E-state index is 8.67. The molecule has 1 aromatic carbocycles. The van der Waals surface area contributed by atoms with Crippen molar-refractivity contribution in [1.29, 1.82) is 0 Å². The summed E-state index contributed by atoms with van der Waals surface area (Å²) in [6, 6.07) is 5.50. The number of rotatable bonds is 5. The van der Waals surface area contributed by atoms with Crippen LogP contribution in [-0.4, -0.2) is 17.6 Å². The summed E-state index contributed by atoms with van der Waals surface area (Å²) in [4.78, 5) is 0. The zero-order valence-electron chi connectivity index (χ0n) is 12.1. The van der Waals surface area contributed by atoms with Crippen LogP contribution in [0.15, 0.2) is 23.4 Å². The predicted octanol–water partition coefficient (Wildman–Crippen LogP) is 2.96. The second-order valence-electron chi connectivity index (χ2n) is 6.36. The number of nitrogens with two attached hydrogens (primary N) is 1. The number of nitrogens with one attached hydrogen (secondary N) is 1. The highest BCUT2D eigenvalue weighted by Crippen LogP contribution is 2.47. The number of oxime groups is 1. The minimum atomic E-state index is 0.0818. The van der Waals surface area contributed by atoms with Gasteiger partial charge in [0.05, 0.1) is 0 Å². The van der Waals surface area contributed by atoms with Crippen molar-refractivity contribution in [2.45, 2.75) is 32.2 Å². The lowest BCUT2D eigenvalue weighted by molar-refractivity contribution is 0.318. The van der Waals surface area contributed by atoms with Crippen molar-refractivity contribution < 1.29 is 5.21 Å². The average Bonchev–Trinajstić information content (AvgIpc) is 3.10. The van der Waals surface area contributed by atoms with Crippen molar-refractivity contribution >= 4 is 17.4 Å². The van der Waals surface area contributed by atoms with Gasteiger partial charge in [0, 0.05) is 17.1 Å². The third kappa shape index (κ3) is 3.16. The van der Waals surface area contributed by atoms with E-state index in [9.17, 15) is 0 Å². The van der Waals surface area contributed by atoms with Gasteiger partial charge < -0.3 is 16.3 Å². The van der Waals surface area contributed by atoms with E-state index >= 15 is 0 Å². The second kappa shape index (κ2) is 6.24. The first-order valence-electron chi connectivity index (χ1n) is 7.64. The van der Waals surface area contributed by atoms with Crippen molar-refractivity contribution in [3.63, 3.8) is 0 Å². The minimum absolute atomic E-state index is 0.0818. The van der Waals surface area contributed by atoms with E-state index in [0.29, 0.717) is 10.6 Å². The fourth-order valence-corrected chi connectivity index (χ4v) is 4.17. The Morgan fingerprint density at radius 2 is 2.24 bits per heavy atom. The molecule has 0 aliphatic heterocycles. The van der Waals surface area contributed by atoms with E-state index in [2.05, 4.69) is 10.5 Å². The van der Waals surface area contributed by atoms with Gasteiger partial charge in [0.15, 0.2) is 5.84 Å². The Morgan fingerprint density at radius 3 is 2.86 bits per heavy atom. The Kier molecular flexibility index (Phi) is 4.36. The summed E-state index contributed by atoms with van der Waals surface area (Å²) in [5, 5.41) is 15.8. The van der Waals surface area contributed by atoms with Gasteiger partial charge in [0.25, 0.3) is 0 Å². The molecule has 0 spiro atoms. The van der Waals surface area contributed by atoms with E-state index in [1.807, 2.05) is 12.1 Å². The molecule has 5 heteroatoms. The zero-order valence-corrected chi connectivity index (χ0v) is 12.8. The standard InChI is InChI=1S/C16H22ClN3O/c17-15-7-12(16(18)20-21)3-4-13(15)8-19-9-14-6-10-1-2-11(14)5-10/h3-4,7,10-11,14,19,21H,1-2,5-6,8-9H2,(H2,18,20). The summed E-state index contributed by atoms with van der Waals surface area (Å²) in [6.45, 7) is 1.85. The van der Waals surface area contributed by atoms with Crippen LogP contribution in [0.1, 0.15) is 36.8 Å². The van der Waals surface area contributed by atoms with Gasteiger partial charge in [-0.25, -0.2) is 0 Å². The molecule has 0 saturated heterocycles. The van der Waals surface area contributed by atoms with Crippen LogP contribution in [-0.2, 0) is 6.54 Å². The zero-order chi connectivity index (χ0) is 14.8. The van der Waals surface area contributed by atoms with Gasteiger partial charge >= 0.3 is 0 Å². The monoisotopic (exact) mass is 307 g/mol. The van der Waals surface area contributed by atoms with Crippen LogP contribution in [0, 0.1) is 17.8 Å². The summed E-state index contributed by atoms with van der Waals surface area (Å²) < 4.78 is 0. The molecule has 2 fully saturated rings. The van der Waals surface area contributed by atoms with Crippen molar-refractivity contribution in [2.24, 2.45) is 28.6 Å². The molecule has 2 aliphatic carbocycles. The van der Waals surface area contributed by atoms with E-state index in [1.165, 1.54) is 25.7 Å². The van der Waals surface area contributed by atoms with E-state index in [4.69, 9.17) is 22.5 Å². The molecule has 2 aliphatic rings. The molecule has 0 radical (unpaired) electrons. The number of nitrogens with zero attached hydrogens (tertiary/aromatic N) is 1. The first-order valence-corrected chi connectivity index (χ1v) is 8.02. The lowest BCUT2D eigenvalue weighted by Crippen LogP contribution is -2.26. The van der Waals surface area contributed by atoms with Crippen molar-refractivity contribution in [1.82, 2.24) is 5.32 Å². The predicted molar refractivity (Wildman–Crippen MR) is 84.6 cm³/mol. The normalized spacial score (nSPS) is 28.2. The molecule has 4 nitrogen and oxygen atoms in total. The van der Waals surface area contributed by atoms with Crippen LogP contribution in [0.2, 0.25) is 5.02 Å². The van der Waals surface area contributed by atoms with Crippen LogP contribution in [0.25, 0.3) is 0 Å². The van der Waals surface area contributed by atoms with Crippen molar-refractivity contribution in [2.75, 3.05) is 6.54 Å². The Hall–Kier alpha value is -1.26. The fraction of sp³-hybridized carbons (Fsp3) is 0.562. The molecule has 4 N–H and O–H groups in total. The smallest absolute Gasteiger partial charge is 0.170 e. The van der Waals surface area contributed by atoms with Gasteiger partial charge in [0.1, 0.15) is 0 Å². The largest absolute Gasteiger partial charge is 0.409 e. The molecule has 3 atom stereocenters. The number of amidine groups is 1. The van der Waals surface area contributed by atoms with Gasteiger partial charge in [-0.05, 0) is 55.2 Å². The molecule has 3 unspecified atom stereocenters. The topological polar surface area (TPSA) is 70.6 Å². The Labute approximate surface area is 130 Å². The number of hydrogen-bond donors (Lipinski definition) is 3. The van der Waals surface area contributed by atoms with Gasteiger partial charge in [-0.3, -0.25) is 0 Å². The van der Waals surface area contributed by atoms with Gasteiger partial charge in [-0.15, -0.1) is 0 Å². The van der Waals surface area contributed by atoms with Gasteiger partial charge in [-0.2, -0.15) is 0 Å². The SMILES string of the molecule is N/C(=N/O)c1ccc(CNCC2CC3CCC2C3)c(Cl)c1. The minimum Gasteiger partial charge on any atom is -0.409 e.